The van der Waals surface area contributed by atoms with Gasteiger partial charge in [0.2, 0.25) is 17.7 Å². The first-order chi connectivity index (χ1) is 11.2. The van der Waals surface area contributed by atoms with Crippen molar-refractivity contribution >= 4 is 17.8 Å². The van der Waals surface area contributed by atoms with Gasteiger partial charge in [-0.25, -0.2) is 0 Å². The third kappa shape index (κ3) is 5.12. The minimum absolute atomic E-state index is 0.112. The molecule has 0 fully saturated rings. The standard InChI is InChI=1S/C19H22N2O3/c1-14(22)20-16-8-10-17(11-9-16)24-18-7-5-6-15(12-18)13-21(23)19(2,3)4/h5-13H,1-4H3,(H-,20,22,23)/p+1/b21-13+. The van der Waals surface area contributed by atoms with Crippen LogP contribution in [-0.2, 0) is 4.79 Å². The molecule has 2 rings (SSSR count). The van der Waals surface area contributed by atoms with Crippen LogP contribution in [0, 0.1) is 0 Å². The highest BCUT2D eigenvalue weighted by Crippen LogP contribution is 2.23. The summed E-state index contributed by atoms with van der Waals surface area (Å²) in [6, 6.07) is 14.6. The van der Waals surface area contributed by atoms with Crippen molar-refractivity contribution in [1.29, 1.82) is 0 Å². The number of hydrogen-bond acceptors (Lipinski definition) is 3. The molecule has 0 atom stereocenters. The number of anilines is 1. The zero-order valence-electron chi connectivity index (χ0n) is 14.4. The van der Waals surface area contributed by atoms with E-state index in [-0.39, 0.29) is 11.4 Å². The lowest BCUT2D eigenvalue weighted by atomic mass is 10.1. The number of carbonyl (C=O) groups is 1. The number of benzene rings is 2. The van der Waals surface area contributed by atoms with E-state index in [9.17, 15) is 10.0 Å². The minimum atomic E-state index is -0.379. The Bertz CT molecular complexity index is 744. The third-order valence-electron chi connectivity index (χ3n) is 3.23. The molecule has 24 heavy (non-hydrogen) atoms. The van der Waals surface area contributed by atoms with E-state index in [1.807, 2.05) is 45.0 Å². The first-order valence-electron chi connectivity index (χ1n) is 7.73. The van der Waals surface area contributed by atoms with Gasteiger partial charge in [0.1, 0.15) is 11.5 Å². The largest absolute Gasteiger partial charge is 0.457 e. The van der Waals surface area contributed by atoms with Crippen LogP contribution < -0.4 is 10.1 Å². The smallest absolute Gasteiger partial charge is 0.223 e. The summed E-state index contributed by atoms with van der Waals surface area (Å²) in [5.74, 6) is 1.22. The maximum Gasteiger partial charge on any atom is 0.223 e. The van der Waals surface area contributed by atoms with Crippen molar-refractivity contribution in [2.45, 2.75) is 33.2 Å². The van der Waals surface area contributed by atoms with Crippen LogP contribution in [0.1, 0.15) is 33.3 Å². The molecule has 0 aromatic heterocycles. The number of hydroxylamine groups is 1. The number of carbonyl (C=O) groups excluding carboxylic acids is 1. The summed E-state index contributed by atoms with van der Waals surface area (Å²) >= 11 is 0. The summed E-state index contributed by atoms with van der Waals surface area (Å²) in [5.41, 5.74) is 1.17. The Balaban J connectivity index is 2.13. The summed E-state index contributed by atoms with van der Waals surface area (Å²) in [4.78, 5) is 11.0. The molecule has 2 aromatic carbocycles. The van der Waals surface area contributed by atoms with E-state index in [1.54, 1.807) is 30.5 Å². The quantitative estimate of drug-likeness (QED) is 0.385. The number of rotatable bonds is 4. The van der Waals surface area contributed by atoms with Crippen molar-refractivity contribution in [3.05, 3.63) is 54.1 Å². The maximum absolute atomic E-state index is 11.0. The Hall–Kier alpha value is -2.82. The molecule has 0 heterocycles. The predicted octanol–water partition coefficient (Wildman–Crippen LogP) is 4.06. The van der Waals surface area contributed by atoms with Gasteiger partial charge in [0.05, 0.1) is 0 Å². The van der Waals surface area contributed by atoms with Gasteiger partial charge in [0, 0.05) is 38.9 Å². The monoisotopic (exact) mass is 327 g/mol. The topological polar surface area (TPSA) is 61.6 Å². The van der Waals surface area contributed by atoms with E-state index in [0.29, 0.717) is 11.5 Å². The molecule has 5 heteroatoms. The van der Waals surface area contributed by atoms with Crippen molar-refractivity contribution < 1.29 is 19.5 Å². The fourth-order valence-corrected chi connectivity index (χ4v) is 1.94. The van der Waals surface area contributed by atoms with Gasteiger partial charge in [-0.1, -0.05) is 6.07 Å². The average molecular weight is 327 g/mol. The molecule has 0 spiro atoms. The molecule has 0 unspecified atom stereocenters. The number of nitrogens with one attached hydrogen (secondary N) is 1. The first kappa shape index (κ1) is 17.5. The molecule has 0 saturated heterocycles. The number of hydrogen-bond donors (Lipinski definition) is 2. The fourth-order valence-electron chi connectivity index (χ4n) is 1.94. The van der Waals surface area contributed by atoms with Gasteiger partial charge < -0.3 is 10.1 Å². The maximum atomic E-state index is 11.0. The fraction of sp³-hybridized carbons (Fsp3) is 0.263. The van der Waals surface area contributed by atoms with Crippen molar-refractivity contribution in [3.63, 3.8) is 0 Å². The highest BCUT2D eigenvalue weighted by atomic mass is 16.5. The molecule has 0 aliphatic heterocycles. The van der Waals surface area contributed by atoms with Crippen molar-refractivity contribution in [2.75, 3.05) is 5.32 Å². The molecule has 0 aliphatic carbocycles. The second kappa shape index (κ2) is 7.17. The van der Waals surface area contributed by atoms with Gasteiger partial charge in [-0.05, 0) is 47.2 Å². The van der Waals surface area contributed by atoms with Crippen LogP contribution in [0.25, 0.3) is 0 Å². The van der Waals surface area contributed by atoms with Gasteiger partial charge in [-0.3, -0.25) is 10.0 Å². The highest BCUT2D eigenvalue weighted by molar-refractivity contribution is 5.88. The van der Waals surface area contributed by atoms with E-state index in [4.69, 9.17) is 4.74 Å². The Morgan fingerprint density at radius 2 is 1.79 bits per heavy atom. The molecule has 0 bridgehead atoms. The van der Waals surface area contributed by atoms with Crippen LogP contribution in [0.5, 0.6) is 11.5 Å². The number of ether oxygens (including phenoxy) is 1. The lowest BCUT2D eigenvalue weighted by molar-refractivity contribution is -0.816. The molecule has 5 nitrogen and oxygen atoms in total. The zero-order chi connectivity index (χ0) is 17.7. The van der Waals surface area contributed by atoms with E-state index in [1.165, 1.54) is 11.7 Å². The normalized spacial score (nSPS) is 11.9. The lowest BCUT2D eigenvalue weighted by Gasteiger charge is -2.10. The Morgan fingerprint density at radius 1 is 1.12 bits per heavy atom. The molecule has 2 aromatic rings. The molecule has 0 saturated carbocycles. The van der Waals surface area contributed by atoms with Crippen LogP contribution >= 0.6 is 0 Å². The summed E-state index contributed by atoms with van der Waals surface area (Å²) in [5, 5.41) is 12.7. The summed E-state index contributed by atoms with van der Waals surface area (Å²) in [6.07, 6.45) is 1.66. The van der Waals surface area contributed by atoms with Crippen molar-refractivity contribution in [3.8, 4) is 11.5 Å². The van der Waals surface area contributed by atoms with Crippen molar-refractivity contribution in [1.82, 2.24) is 0 Å². The number of amides is 1. The van der Waals surface area contributed by atoms with E-state index in [0.717, 1.165) is 11.3 Å². The van der Waals surface area contributed by atoms with E-state index in [2.05, 4.69) is 5.32 Å². The van der Waals surface area contributed by atoms with E-state index < -0.39 is 0 Å². The highest BCUT2D eigenvalue weighted by Gasteiger charge is 2.24. The van der Waals surface area contributed by atoms with Crippen LogP contribution in [0.4, 0.5) is 5.69 Å². The number of nitrogens with zero attached hydrogens (tertiary/aromatic N) is 1. The van der Waals surface area contributed by atoms with Crippen LogP contribution in [-0.4, -0.2) is 27.6 Å². The van der Waals surface area contributed by atoms with Gasteiger partial charge >= 0.3 is 0 Å². The lowest BCUT2D eigenvalue weighted by Crippen LogP contribution is -2.31. The molecule has 2 N–H and O–H groups in total. The van der Waals surface area contributed by atoms with Crippen molar-refractivity contribution in [2.24, 2.45) is 0 Å². The SMILES string of the molecule is CC(=O)Nc1ccc(Oc2cccc(/C=[N+](/O)C(C)(C)C)c2)cc1. The van der Waals surface area contributed by atoms with E-state index >= 15 is 0 Å². The second-order valence-corrected chi connectivity index (χ2v) is 6.52. The van der Waals surface area contributed by atoms with Crippen LogP contribution in [0.15, 0.2) is 48.5 Å². The Kier molecular flexibility index (Phi) is 5.24. The van der Waals surface area contributed by atoms with Gasteiger partial charge in [0.15, 0.2) is 0 Å². The first-order valence-corrected chi connectivity index (χ1v) is 7.73. The van der Waals surface area contributed by atoms with Crippen LogP contribution in [0.3, 0.4) is 0 Å². The summed E-state index contributed by atoms with van der Waals surface area (Å²) in [7, 11) is 0. The second-order valence-electron chi connectivity index (χ2n) is 6.52. The Morgan fingerprint density at radius 3 is 2.38 bits per heavy atom. The molecule has 1 amide bonds. The average Bonchev–Trinajstić information content (AvgIpc) is 2.48. The van der Waals surface area contributed by atoms with Gasteiger partial charge in [0.25, 0.3) is 0 Å². The van der Waals surface area contributed by atoms with Gasteiger partial charge in [-0.2, -0.15) is 0 Å². The predicted molar refractivity (Wildman–Crippen MR) is 94.2 cm³/mol. The molecule has 126 valence electrons. The van der Waals surface area contributed by atoms with Gasteiger partial charge in [-0.15, -0.1) is 0 Å². The summed E-state index contributed by atoms with van der Waals surface area (Å²) in [6.45, 7) is 7.22. The summed E-state index contributed by atoms with van der Waals surface area (Å²) < 4.78 is 6.99. The molecule has 0 aliphatic rings. The minimum Gasteiger partial charge on any atom is -0.457 e. The molecular formula is C19H23N2O3+. The third-order valence-corrected chi connectivity index (χ3v) is 3.23. The van der Waals surface area contributed by atoms with Crippen LogP contribution in [0.2, 0.25) is 0 Å². The molecular weight excluding hydrogens is 304 g/mol. The Labute approximate surface area is 142 Å². The molecule has 0 radical (unpaired) electrons. The zero-order valence-corrected chi connectivity index (χ0v) is 14.4.